The van der Waals surface area contributed by atoms with Crippen LogP contribution >= 0.6 is 0 Å². The highest BCUT2D eigenvalue weighted by Gasteiger charge is 2.24. The molecule has 0 saturated heterocycles. The van der Waals surface area contributed by atoms with Crippen molar-refractivity contribution in [1.82, 2.24) is 0 Å². The molecule has 1 unspecified atom stereocenters. The fourth-order valence-electron chi connectivity index (χ4n) is 1.73. The zero-order valence-corrected chi connectivity index (χ0v) is 9.01. The second kappa shape index (κ2) is 4.35. The van der Waals surface area contributed by atoms with E-state index in [0.29, 0.717) is 6.61 Å². The van der Waals surface area contributed by atoms with Crippen LogP contribution in [0.4, 0.5) is 0 Å². The van der Waals surface area contributed by atoms with Crippen molar-refractivity contribution in [1.29, 1.82) is 0 Å². The Morgan fingerprint density at radius 2 is 2.31 bits per heavy atom. The van der Waals surface area contributed by atoms with Crippen molar-refractivity contribution in [3.63, 3.8) is 0 Å². The predicted octanol–water partition coefficient (Wildman–Crippen LogP) is 1.42. The van der Waals surface area contributed by atoms with Crippen LogP contribution < -0.4 is 0 Å². The quantitative estimate of drug-likeness (QED) is 0.836. The highest BCUT2D eigenvalue weighted by Crippen LogP contribution is 2.15. The molecule has 1 aliphatic rings. The van der Waals surface area contributed by atoms with Gasteiger partial charge in [-0.2, -0.15) is 0 Å². The number of hydrogen-bond acceptors (Lipinski definition) is 3. The molecule has 1 aromatic rings. The summed E-state index contributed by atoms with van der Waals surface area (Å²) in [5, 5.41) is 8.70. The Hall–Kier alpha value is -1.84. The average Bonchev–Trinajstić information content (AvgIpc) is 2.70. The first-order chi connectivity index (χ1) is 7.66. The van der Waals surface area contributed by atoms with E-state index in [1.807, 2.05) is 31.2 Å². The topological polar surface area (TPSA) is 58.9 Å². The third kappa shape index (κ3) is 2.21. The van der Waals surface area contributed by atoms with Gasteiger partial charge < -0.3 is 9.84 Å². The lowest BCUT2D eigenvalue weighted by atomic mass is 10.0. The number of rotatable bonds is 3. The van der Waals surface area contributed by atoms with E-state index in [-0.39, 0.29) is 11.9 Å². The molecular formula is C12H13NO3. The van der Waals surface area contributed by atoms with Crippen molar-refractivity contribution in [2.75, 3.05) is 6.61 Å². The predicted molar refractivity (Wildman–Crippen MR) is 59.7 cm³/mol. The number of benzene rings is 1. The molecule has 1 aromatic carbocycles. The standard InChI is InChI=1S/C12H13NO3/c1-8-4-2-3-5-9(8)6-10-7-16-11(13-10)12(14)15/h2-5,10H,6-7H2,1H3,(H,14,15). The molecule has 0 fully saturated rings. The van der Waals surface area contributed by atoms with Gasteiger partial charge in [0.05, 0.1) is 6.04 Å². The lowest BCUT2D eigenvalue weighted by molar-refractivity contribution is -0.130. The van der Waals surface area contributed by atoms with Gasteiger partial charge in [0.2, 0.25) is 0 Å². The first-order valence-electron chi connectivity index (χ1n) is 5.15. The number of ether oxygens (including phenoxy) is 1. The van der Waals surface area contributed by atoms with Crippen LogP contribution in [0.5, 0.6) is 0 Å². The summed E-state index contributed by atoms with van der Waals surface area (Å²) < 4.78 is 4.99. The summed E-state index contributed by atoms with van der Waals surface area (Å²) in [6, 6.07) is 7.94. The third-order valence-electron chi connectivity index (χ3n) is 2.61. The summed E-state index contributed by atoms with van der Waals surface area (Å²) in [5.74, 6) is -1.26. The van der Waals surface area contributed by atoms with Crippen LogP contribution in [0.15, 0.2) is 29.3 Å². The summed E-state index contributed by atoms with van der Waals surface area (Å²) in [6.45, 7) is 2.39. The number of nitrogens with zero attached hydrogens (tertiary/aromatic N) is 1. The fourth-order valence-corrected chi connectivity index (χ4v) is 1.73. The lowest BCUT2D eigenvalue weighted by Gasteiger charge is -2.07. The maximum absolute atomic E-state index is 10.6. The van der Waals surface area contributed by atoms with Crippen LogP contribution in [0.3, 0.4) is 0 Å². The molecule has 0 saturated carbocycles. The minimum Gasteiger partial charge on any atom is -0.474 e. The van der Waals surface area contributed by atoms with Crippen molar-refractivity contribution in [3.8, 4) is 0 Å². The number of carbonyl (C=O) groups is 1. The Labute approximate surface area is 93.6 Å². The normalized spacial score (nSPS) is 19.1. The lowest BCUT2D eigenvalue weighted by Crippen LogP contribution is -2.12. The van der Waals surface area contributed by atoms with Gasteiger partial charge in [-0.1, -0.05) is 24.3 Å². The largest absolute Gasteiger partial charge is 0.474 e. The molecule has 1 heterocycles. The van der Waals surface area contributed by atoms with Gasteiger partial charge in [-0.05, 0) is 24.5 Å². The number of carboxylic acids is 1. The van der Waals surface area contributed by atoms with E-state index in [9.17, 15) is 4.79 Å². The Morgan fingerprint density at radius 1 is 1.56 bits per heavy atom. The molecule has 2 rings (SSSR count). The monoisotopic (exact) mass is 219 g/mol. The molecule has 0 radical (unpaired) electrons. The highest BCUT2D eigenvalue weighted by molar-refractivity contribution is 6.32. The van der Waals surface area contributed by atoms with Gasteiger partial charge >= 0.3 is 5.97 Å². The summed E-state index contributed by atoms with van der Waals surface area (Å²) >= 11 is 0. The maximum Gasteiger partial charge on any atom is 0.391 e. The zero-order valence-electron chi connectivity index (χ0n) is 9.01. The second-order valence-electron chi connectivity index (χ2n) is 3.83. The smallest absolute Gasteiger partial charge is 0.391 e. The van der Waals surface area contributed by atoms with Gasteiger partial charge in [0.1, 0.15) is 6.61 Å². The minimum atomic E-state index is -1.09. The number of aryl methyl sites for hydroxylation is 1. The molecule has 0 aromatic heterocycles. The van der Waals surface area contributed by atoms with Gasteiger partial charge in [0.15, 0.2) is 0 Å². The van der Waals surface area contributed by atoms with E-state index in [1.165, 1.54) is 11.1 Å². The Kier molecular flexibility index (Phi) is 2.90. The van der Waals surface area contributed by atoms with Crippen molar-refractivity contribution < 1.29 is 14.6 Å². The van der Waals surface area contributed by atoms with Crippen LogP contribution in [0, 0.1) is 6.92 Å². The van der Waals surface area contributed by atoms with Crippen molar-refractivity contribution in [3.05, 3.63) is 35.4 Å². The van der Waals surface area contributed by atoms with Crippen LogP contribution in [0.1, 0.15) is 11.1 Å². The van der Waals surface area contributed by atoms with Crippen LogP contribution in [-0.4, -0.2) is 29.6 Å². The van der Waals surface area contributed by atoms with Crippen LogP contribution in [0.25, 0.3) is 0 Å². The SMILES string of the molecule is Cc1ccccc1CC1COC(C(=O)O)=N1. The van der Waals surface area contributed by atoms with Crippen LogP contribution in [-0.2, 0) is 16.0 Å². The third-order valence-corrected chi connectivity index (χ3v) is 2.61. The van der Waals surface area contributed by atoms with Gasteiger partial charge in [0, 0.05) is 0 Å². The molecule has 1 aliphatic heterocycles. The first-order valence-corrected chi connectivity index (χ1v) is 5.15. The molecule has 0 spiro atoms. The Balaban J connectivity index is 2.08. The number of aliphatic imine (C=N–C) groups is 1. The summed E-state index contributed by atoms with van der Waals surface area (Å²) in [4.78, 5) is 14.6. The Morgan fingerprint density at radius 3 is 2.94 bits per heavy atom. The van der Waals surface area contributed by atoms with Crippen LogP contribution in [0.2, 0.25) is 0 Å². The van der Waals surface area contributed by atoms with Gasteiger partial charge in [-0.15, -0.1) is 0 Å². The van der Waals surface area contributed by atoms with Gasteiger partial charge in [-0.25, -0.2) is 9.79 Å². The van der Waals surface area contributed by atoms with Crippen molar-refractivity contribution in [2.45, 2.75) is 19.4 Å². The summed E-state index contributed by atoms with van der Waals surface area (Å²) in [7, 11) is 0. The molecule has 1 N–H and O–H groups in total. The molecule has 0 aliphatic carbocycles. The van der Waals surface area contributed by atoms with Crippen molar-refractivity contribution >= 4 is 11.9 Å². The highest BCUT2D eigenvalue weighted by atomic mass is 16.5. The number of aliphatic carboxylic acids is 1. The van der Waals surface area contributed by atoms with E-state index in [0.717, 1.165) is 6.42 Å². The van der Waals surface area contributed by atoms with Crippen molar-refractivity contribution in [2.24, 2.45) is 4.99 Å². The first kappa shape index (κ1) is 10.7. The fraction of sp³-hybridized carbons (Fsp3) is 0.333. The minimum absolute atomic E-state index is 0.0767. The molecular weight excluding hydrogens is 206 g/mol. The molecule has 84 valence electrons. The molecule has 0 bridgehead atoms. The molecule has 4 heteroatoms. The van der Waals surface area contributed by atoms with E-state index in [1.54, 1.807) is 0 Å². The van der Waals surface area contributed by atoms with E-state index >= 15 is 0 Å². The molecule has 1 atom stereocenters. The van der Waals surface area contributed by atoms with Gasteiger partial charge in [-0.3, -0.25) is 0 Å². The molecule has 16 heavy (non-hydrogen) atoms. The number of hydrogen-bond donors (Lipinski definition) is 1. The van der Waals surface area contributed by atoms with Gasteiger partial charge in [0.25, 0.3) is 5.90 Å². The second-order valence-corrected chi connectivity index (χ2v) is 3.83. The Bertz CT molecular complexity index is 440. The van der Waals surface area contributed by atoms with E-state index in [2.05, 4.69) is 4.99 Å². The maximum atomic E-state index is 10.6. The van der Waals surface area contributed by atoms with E-state index < -0.39 is 5.97 Å². The molecule has 0 amide bonds. The average molecular weight is 219 g/mol. The summed E-state index contributed by atoms with van der Waals surface area (Å²) in [6.07, 6.45) is 0.726. The summed E-state index contributed by atoms with van der Waals surface area (Å²) in [5.41, 5.74) is 2.38. The van der Waals surface area contributed by atoms with E-state index in [4.69, 9.17) is 9.84 Å². The zero-order chi connectivity index (χ0) is 11.5. The molecule has 4 nitrogen and oxygen atoms in total. The number of carboxylic acid groups (broad SMARTS) is 1.